The van der Waals surface area contributed by atoms with Crippen molar-refractivity contribution in [3.63, 3.8) is 0 Å². The number of nitrogens with one attached hydrogen (secondary N) is 1. The Morgan fingerprint density at radius 1 is 1.40 bits per heavy atom. The number of likely N-dealkylation sites (N-methyl/N-ethyl adjacent to an activating group) is 1. The lowest BCUT2D eigenvalue weighted by molar-refractivity contribution is 0.0145. The number of hydrogen-bond acceptors (Lipinski definition) is 3. The van der Waals surface area contributed by atoms with Crippen LogP contribution in [0.5, 0.6) is 0 Å². The fraction of sp³-hybridized carbons (Fsp3) is 0.562. The van der Waals surface area contributed by atoms with E-state index in [9.17, 15) is 5.11 Å². The Morgan fingerprint density at radius 3 is 2.60 bits per heavy atom. The molecule has 1 aromatic carbocycles. The van der Waals surface area contributed by atoms with E-state index in [2.05, 4.69) is 11.9 Å². The summed E-state index contributed by atoms with van der Waals surface area (Å²) in [4.78, 5) is 2.18. The second-order valence-corrected chi connectivity index (χ2v) is 6.16. The number of rotatable bonds is 5. The van der Waals surface area contributed by atoms with E-state index in [0.717, 1.165) is 49.9 Å². The maximum atomic E-state index is 10.4. The third-order valence-electron chi connectivity index (χ3n) is 4.19. The quantitative estimate of drug-likeness (QED) is 0.568. The lowest BCUT2D eigenvalue weighted by atomic mass is 10.0. The Hall–Kier alpha value is -1.39. The van der Waals surface area contributed by atoms with Gasteiger partial charge in [0, 0.05) is 18.7 Å². The first-order valence-electron chi connectivity index (χ1n) is 7.24. The number of aliphatic hydroxyl groups is 1. The molecule has 4 heteroatoms. The topological polar surface area (TPSA) is 73.3 Å². The van der Waals surface area contributed by atoms with Crippen LogP contribution in [0.2, 0.25) is 0 Å². The van der Waals surface area contributed by atoms with Crippen LogP contribution in [0.1, 0.15) is 42.4 Å². The minimum atomic E-state index is -0.498. The van der Waals surface area contributed by atoms with Gasteiger partial charge < -0.3 is 10.8 Å². The molecule has 1 aliphatic carbocycles. The lowest BCUT2D eigenvalue weighted by Crippen LogP contribution is -2.38. The highest BCUT2D eigenvalue weighted by Crippen LogP contribution is 2.30. The molecule has 0 radical (unpaired) electrons. The molecule has 0 unspecified atom stereocenters. The van der Waals surface area contributed by atoms with Crippen molar-refractivity contribution in [3.05, 3.63) is 34.9 Å². The second-order valence-electron chi connectivity index (χ2n) is 6.16. The number of nitrogens with two attached hydrogens (primary N) is 1. The van der Waals surface area contributed by atoms with E-state index < -0.39 is 5.60 Å². The molecule has 1 aliphatic rings. The van der Waals surface area contributed by atoms with Gasteiger partial charge in [0.25, 0.3) is 0 Å². The third-order valence-corrected chi connectivity index (χ3v) is 4.19. The smallest absolute Gasteiger partial charge is 0.122 e. The second kappa shape index (κ2) is 5.94. The SMILES string of the molecule is Cc1cc(C(=N)N)ccc1CN(C)CC1(O)CCCC1. The molecular weight excluding hydrogens is 250 g/mol. The third kappa shape index (κ3) is 3.58. The van der Waals surface area contributed by atoms with Gasteiger partial charge in [-0.2, -0.15) is 0 Å². The van der Waals surface area contributed by atoms with Crippen LogP contribution in [0.25, 0.3) is 0 Å². The summed E-state index contributed by atoms with van der Waals surface area (Å²) in [6, 6.07) is 5.87. The van der Waals surface area contributed by atoms with E-state index in [1.807, 2.05) is 25.1 Å². The van der Waals surface area contributed by atoms with E-state index in [-0.39, 0.29) is 5.84 Å². The molecule has 0 saturated heterocycles. The molecule has 4 nitrogen and oxygen atoms in total. The number of aryl methyl sites for hydroxylation is 1. The summed E-state index contributed by atoms with van der Waals surface area (Å²) >= 11 is 0. The predicted molar refractivity (Wildman–Crippen MR) is 81.9 cm³/mol. The standard InChI is InChI=1S/C16H25N3O/c1-12-9-13(15(17)18)5-6-14(12)10-19(2)11-16(20)7-3-4-8-16/h5-6,9,20H,3-4,7-8,10-11H2,1-2H3,(H3,17,18). The number of benzene rings is 1. The molecule has 1 fully saturated rings. The molecule has 20 heavy (non-hydrogen) atoms. The summed E-state index contributed by atoms with van der Waals surface area (Å²) in [7, 11) is 2.05. The summed E-state index contributed by atoms with van der Waals surface area (Å²) in [6.07, 6.45) is 4.10. The molecule has 110 valence electrons. The van der Waals surface area contributed by atoms with Gasteiger partial charge in [-0.05, 0) is 44.0 Å². The number of nitrogen functional groups attached to an aromatic ring is 1. The van der Waals surface area contributed by atoms with Gasteiger partial charge in [-0.3, -0.25) is 10.3 Å². The fourth-order valence-electron chi connectivity index (χ4n) is 3.08. The summed E-state index contributed by atoms with van der Waals surface area (Å²) < 4.78 is 0. The van der Waals surface area contributed by atoms with Crippen LogP contribution in [-0.2, 0) is 6.54 Å². The molecule has 2 rings (SSSR count). The molecule has 0 spiro atoms. The Morgan fingerprint density at radius 2 is 2.05 bits per heavy atom. The predicted octanol–water partition coefficient (Wildman–Crippen LogP) is 2.02. The van der Waals surface area contributed by atoms with Crippen LogP contribution < -0.4 is 5.73 Å². The van der Waals surface area contributed by atoms with Crippen LogP contribution in [-0.4, -0.2) is 35.0 Å². The zero-order valence-corrected chi connectivity index (χ0v) is 12.4. The zero-order valence-electron chi connectivity index (χ0n) is 12.4. The first-order valence-corrected chi connectivity index (χ1v) is 7.24. The number of amidine groups is 1. The van der Waals surface area contributed by atoms with E-state index in [1.165, 1.54) is 5.56 Å². The largest absolute Gasteiger partial charge is 0.389 e. The average Bonchev–Trinajstić information content (AvgIpc) is 2.77. The Labute approximate surface area is 121 Å². The van der Waals surface area contributed by atoms with E-state index in [4.69, 9.17) is 11.1 Å². The summed E-state index contributed by atoms with van der Waals surface area (Å²) in [5.41, 5.74) is 8.13. The highest BCUT2D eigenvalue weighted by Gasteiger charge is 2.32. The van der Waals surface area contributed by atoms with Crippen LogP contribution >= 0.6 is 0 Å². The van der Waals surface area contributed by atoms with Crippen molar-refractivity contribution >= 4 is 5.84 Å². The van der Waals surface area contributed by atoms with Gasteiger partial charge in [0.2, 0.25) is 0 Å². The van der Waals surface area contributed by atoms with Crippen LogP contribution in [0, 0.1) is 12.3 Å². The van der Waals surface area contributed by atoms with Crippen LogP contribution in [0.15, 0.2) is 18.2 Å². The first kappa shape index (κ1) is 15.0. The van der Waals surface area contributed by atoms with E-state index in [0.29, 0.717) is 0 Å². The van der Waals surface area contributed by atoms with Crippen LogP contribution in [0.3, 0.4) is 0 Å². The molecule has 4 N–H and O–H groups in total. The maximum Gasteiger partial charge on any atom is 0.122 e. The van der Waals surface area contributed by atoms with Crippen molar-refractivity contribution in [2.24, 2.45) is 5.73 Å². The molecule has 0 atom stereocenters. The first-order chi connectivity index (χ1) is 9.39. The van der Waals surface area contributed by atoms with E-state index >= 15 is 0 Å². The van der Waals surface area contributed by atoms with Crippen molar-refractivity contribution in [3.8, 4) is 0 Å². The van der Waals surface area contributed by atoms with Crippen molar-refractivity contribution < 1.29 is 5.11 Å². The summed E-state index contributed by atoms with van der Waals surface area (Å²) in [5.74, 6) is 0.105. The monoisotopic (exact) mass is 275 g/mol. The normalized spacial score (nSPS) is 17.6. The fourth-order valence-corrected chi connectivity index (χ4v) is 3.08. The highest BCUT2D eigenvalue weighted by molar-refractivity contribution is 5.95. The zero-order chi connectivity index (χ0) is 14.8. The van der Waals surface area contributed by atoms with Crippen molar-refractivity contribution in [1.29, 1.82) is 5.41 Å². The van der Waals surface area contributed by atoms with Gasteiger partial charge in [-0.25, -0.2) is 0 Å². The molecule has 0 amide bonds. The van der Waals surface area contributed by atoms with Crippen molar-refractivity contribution in [1.82, 2.24) is 4.90 Å². The van der Waals surface area contributed by atoms with Gasteiger partial charge in [0.15, 0.2) is 0 Å². The van der Waals surface area contributed by atoms with Crippen molar-refractivity contribution in [2.45, 2.75) is 44.8 Å². The molecular formula is C16H25N3O. The molecule has 0 aromatic heterocycles. The van der Waals surface area contributed by atoms with Crippen LogP contribution in [0.4, 0.5) is 0 Å². The summed E-state index contributed by atoms with van der Waals surface area (Å²) in [5, 5.41) is 17.9. The summed E-state index contributed by atoms with van der Waals surface area (Å²) in [6.45, 7) is 3.58. The average molecular weight is 275 g/mol. The highest BCUT2D eigenvalue weighted by atomic mass is 16.3. The minimum Gasteiger partial charge on any atom is -0.389 e. The molecule has 1 saturated carbocycles. The Balaban J connectivity index is 2.00. The van der Waals surface area contributed by atoms with Gasteiger partial charge in [-0.15, -0.1) is 0 Å². The van der Waals surface area contributed by atoms with Gasteiger partial charge in [0.1, 0.15) is 5.84 Å². The van der Waals surface area contributed by atoms with Gasteiger partial charge in [0.05, 0.1) is 5.60 Å². The lowest BCUT2D eigenvalue weighted by Gasteiger charge is -2.29. The molecule has 0 bridgehead atoms. The maximum absolute atomic E-state index is 10.4. The number of hydrogen-bond donors (Lipinski definition) is 3. The van der Waals surface area contributed by atoms with Crippen molar-refractivity contribution in [2.75, 3.05) is 13.6 Å². The Kier molecular flexibility index (Phi) is 4.45. The van der Waals surface area contributed by atoms with Gasteiger partial charge >= 0.3 is 0 Å². The minimum absolute atomic E-state index is 0.105. The molecule has 1 aromatic rings. The molecule has 0 heterocycles. The number of nitrogens with zero attached hydrogens (tertiary/aromatic N) is 1. The Bertz CT molecular complexity index is 492. The van der Waals surface area contributed by atoms with E-state index in [1.54, 1.807) is 0 Å². The molecule has 0 aliphatic heterocycles. The van der Waals surface area contributed by atoms with Gasteiger partial charge in [-0.1, -0.05) is 25.0 Å².